The van der Waals surface area contributed by atoms with Crippen molar-refractivity contribution in [3.8, 4) is 0 Å². The molecule has 1 N–H and O–H groups in total. The summed E-state index contributed by atoms with van der Waals surface area (Å²) < 4.78 is 0. The van der Waals surface area contributed by atoms with Gasteiger partial charge in [0.1, 0.15) is 0 Å². The minimum Gasteiger partial charge on any atom is -0.313 e. The van der Waals surface area contributed by atoms with Gasteiger partial charge in [0, 0.05) is 18.8 Å². The molecular formula is C17H23N3O2S. The Labute approximate surface area is 142 Å². The highest BCUT2D eigenvalue weighted by molar-refractivity contribution is 7.80. The second-order valence-electron chi connectivity index (χ2n) is 6.18. The number of piperidine rings is 1. The molecule has 1 aromatic rings. The lowest BCUT2D eigenvalue weighted by atomic mass is 10.1. The molecule has 0 aliphatic carbocycles. The third-order valence-corrected chi connectivity index (χ3v) is 5.02. The van der Waals surface area contributed by atoms with Crippen LogP contribution in [-0.2, 0) is 11.2 Å². The maximum atomic E-state index is 12.8. The summed E-state index contributed by atoms with van der Waals surface area (Å²) in [7, 11) is 0. The summed E-state index contributed by atoms with van der Waals surface area (Å²) in [5.41, 5.74) is 1.11. The van der Waals surface area contributed by atoms with Crippen molar-refractivity contribution < 1.29 is 9.59 Å². The summed E-state index contributed by atoms with van der Waals surface area (Å²) in [6.45, 7) is 1.74. The zero-order valence-corrected chi connectivity index (χ0v) is 14.0. The largest absolute Gasteiger partial charge is 0.326 e. The molecule has 6 heteroatoms. The first-order valence-corrected chi connectivity index (χ1v) is 8.86. The van der Waals surface area contributed by atoms with Crippen LogP contribution in [0.5, 0.6) is 0 Å². The van der Waals surface area contributed by atoms with Gasteiger partial charge in [0.25, 0.3) is 5.91 Å². The maximum Gasteiger partial charge on any atom is 0.326 e. The van der Waals surface area contributed by atoms with Gasteiger partial charge in [-0.05, 0) is 24.8 Å². The Morgan fingerprint density at radius 1 is 1.13 bits per heavy atom. The lowest BCUT2D eigenvalue weighted by Crippen LogP contribution is -2.50. The van der Waals surface area contributed by atoms with E-state index in [-0.39, 0.29) is 18.0 Å². The second-order valence-corrected chi connectivity index (χ2v) is 6.55. The number of nitrogens with zero attached hydrogens (tertiary/aromatic N) is 2. The Balaban J connectivity index is 1.72. The van der Waals surface area contributed by atoms with Crippen LogP contribution in [-0.4, -0.2) is 52.8 Å². The number of hydrogen-bond acceptors (Lipinski definition) is 4. The highest BCUT2D eigenvalue weighted by Crippen LogP contribution is 2.20. The van der Waals surface area contributed by atoms with E-state index in [1.165, 1.54) is 11.3 Å². The third kappa shape index (κ3) is 3.53. The van der Waals surface area contributed by atoms with Crippen LogP contribution < -0.4 is 5.32 Å². The molecule has 23 heavy (non-hydrogen) atoms. The SMILES string of the molecule is O=C1NC(N2CCCCC2)C(=O)N1C(CS)Cc1ccccc1. The van der Waals surface area contributed by atoms with E-state index in [1.54, 1.807) is 0 Å². The number of imide groups is 1. The molecule has 1 aromatic carbocycles. The van der Waals surface area contributed by atoms with Crippen molar-refractivity contribution in [2.24, 2.45) is 0 Å². The molecular weight excluding hydrogens is 310 g/mol. The molecule has 0 aromatic heterocycles. The van der Waals surface area contributed by atoms with E-state index < -0.39 is 6.17 Å². The van der Waals surface area contributed by atoms with Gasteiger partial charge in [0.05, 0.1) is 6.04 Å². The van der Waals surface area contributed by atoms with Gasteiger partial charge >= 0.3 is 6.03 Å². The fraction of sp³-hybridized carbons (Fsp3) is 0.529. The number of amides is 3. The first-order chi connectivity index (χ1) is 11.2. The van der Waals surface area contributed by atoms with E-state index in [0.29, 0.717) is 12.2 Å². The van der Waals surface area contributed by atoms with Crippen LogP contribution in [0.3, 0.4) is 0 Å². The Morgan fingerprint density at radius 3 is 2.48 bits per heavy atom. The molecule has 2 aliphatic rings. The van der Waals surface area contributed by atoms with E-state index in [9.17, 15) is 9.59 Å². The highest BCUT2D eigenvalue weighted by atomic mass is 32.1. The number of hydrogen-bond donors (Lipinski definition) is 2. The number of urea groups is 1. The van der Waals surface area contributed by atoms with Crippen LogP contribution >= 0.6 is 12.6 Å². The van der Waals surface area contributed by atoms with Gasteiger partial charge < -0.3 is 5.32 Å². The zero-order chi connectivity index (χ0) is 16.2. The number of rotatable bonds is 5. The topological polar surface area (TPSA) is 52.7 Å². The van der Waals surface area contributed by atoms with Crippen molar-refractivity contribution in [3.05, 3.63) is 35.9 Å². The number of likely N-dealkylation sites (tertiary alicyclic amines) is 1. The molecule has 0 spiro atoms. The van der Waals surface area contributed by atoms with E-state index >= 15 is 0 Å². The van der Waals surface area contributed by atoms with E-state index in [1.807, 2.05) is 30.3 Å². The second kappa shape index (κ2) is 7.36. The van der Waals surface area contributed by atoms with E-state index in [4.69, 9.17) is 0 Å². The number of benzene rings is 1. The van der Waals surface area contributed by atoms with Crippen LogP contribution in [0.4, 0.5) is 4.79 Å². The summed E-state index contributed by atoms with van der Waals surface area (Å²) in [5.74, 6) is 0.327. The van der Waals surface area contributed by atoms with Crippen LogP contribution in [0.15, 0.2) is 30.3 Å². The van der Waals surface area contributed by atoms with E-state index in [2.05, 4.69) is 22.8 Å². The smallest absolute Gasteiger partial charge is 0.313 e. The van der Waals surface area contributed by atoms with Gasteiger partial charge in [-0.15, -0.1) is 0 Å². The Hall–Kier alpha value is -1.53. The fourth-order valence-electron chi connectivity index (χ4n) is 3.37. The maximum absolute atomic E-state index is 12.8. The number of carbonyl (C=O) groups is 2. The molecule has 0 saturated carbocycles. The summed E-state index contributed by atoms with van der Waals surface area (Å²) in [6, 6.07) is 9.40. The van der Waals surface area contributed by atoms with Gasteiger partial charge in [-0.2, -0.15) is 12.6 Å². The fourth-order valence-corrected chi connectivity index (χ4v) is 3.67. The van der Waals surface area contributed by atoms with Crippen LogP contribution in [0.1, 0.15) is 24.8 Å². The average molecular weight is 333 g/mol. The molecule has 5 nitrogen and oxygen atoms in total. The summed E-state index contributed by atoms with van der Waals surface area (Å²) in [5, 5.41) is 2.85. The minimum absolute atomic E-state index is 0.133. The predicted molar refractivity (Wildman–Crippen MR) is 92.4 cm³/mol. The van der Waals surface area contributed by atoms with Crippen molar-refractivity contribution >= 4 is 24.6 Å². The first kappa shape index (κ1) is 16.3. The lowest BCUT2D eigenvalue weighted by Gasteiger charge is -2.30. The van der Waals surface area contributed by atoms with Crippen molar-refractivity contribution in [2.45, 2.75) is 37.9 Å². The number of thiol groups is 1. The first-order valence-electron chi connectivity index (χ1n) is 8.23. The van der Waals surface area contributed by atoms with Crippen molar-refractivity contribution in [2.75, 3.05) is 18.8 Å². The van der Waals surface area contributed by atoms with Gasteiger partial charge in [-0.1, -0.05) is 36.8 Å². The van der Waals surface area contributed by atoms with Crippen LogP contribution in [0.25, 0.3) is 0 Å². The highest BCUT2D eigenvalue weighted by Gasteiger charge is 2.44. The monoisotopic (exact) mass is 333 g/mol. The van der Waals surface area contributed by atoms with Crippen molar-refractivity contribution in [1.29, 1.82) is 0 Å². The van der Waals surface area contributed by atoms with Gasteiger partial charge in [0.15, 0.2) is 6.17 Å². The van der Waals surface area contributed by atoms with Crippen LogP contribution in [0, 0.1) is 0 Å². The summed E-state index contributed by atoms with van der Waals surface area (Å²) >= 11 is 4.37. The predicted octanol–water partition coefficient (Wildman–Crippen LogP) is 1.89. The molecule has 2 atom stereocenters. The number of nitrogens with one attached hydrogen (secondary N) is 1. The lowest BCUT2D eigenvalue weighted by molar-refractivity contribution is -0.132. The normalized spacial score (nSPS) is 23.9. The average Bonchev–Trinajstić information content (AvgIpc) is 2.89. The molecule has 3 rings (SSSR count). The molecule has 3 amide bonds. The molecule has 2 saturated heterocycles. The Bertz CT molecular complexity index is 560. The molecule has 0 radical (unpaired) electrons. The van der Waals surface area contributed by atoms with Gasteiger partial charge in [-0.3, -0.25) is 14.6 Å². The zero-order valence-electron chi connectivity index (χ0n) is 13.1. The third-order valence-electron chi connectivity index (χ3n) is 4.60. The van der Waals surface area contributed by atoms with Crippen molar-refractivity contribution in [3.63, 3.8) is 0 Å². The standard InChI is InChI=1S/C17H23N3O2S/c21-16-15(19-9-5-2-6-10-19)18-17(22)20(16)14(12-23)11-13-7-3-1-4-8-13/h1,3-4,7-8,14-15,23H,2,5-6,9-12H2,(H,18,22). The molecule has 2 fully saturated rings. The van der Waals surface area contributed by atoms with Crippen LogP contribution in [0.2, 0.25) is 0 Å². The van der Waals surface area contributed by atoms with Gasteiger partial charge in [0.2, 0.25) is 0 Å². The number of carbonyl (C=O) groups excluding carboxylic acids is 2. The molecule has 124 valence electrons. The Morgan fingerprint density at radius 2 is 1.83 bits per heavy atom. The van der Waals surface area contributed by atoms with Gasteiger partial charge in [-0.25, -0.2) is 4.79 Å². The molecule has 0 bridgehead atoms. The molecule has 2 heterocycles. The van der Waals surface area contributed by atoms with Crippen molar-refractivity contribution in [1.82, 2.24) is 15.1 Å². The molecule has 2 aliphatic heterocycles. The van der Waals surface area contributed by atoms with E-state index in [0.717, 1.165) is 31.5 Å². The Kier molecular flexibility index (Phi) is 5.23. The molecule has 2 unspecified atom stereocenters. The minimum atomic E-state index is -0.499. The summed E-state index contributed by atoms with van der Waals surface area (Å²) in [6.07, 6.45) is 3.50. The summed E-state index contributed by atoms with van der Waals surface area (Å²) in [4.78, 5) is 28.6. The quantitative estimate of drug-likeness (QED) is 0.639.